The Balaban J connectivity index is 0.000000363. The average Bonchev–Trinajstić information content (AvgIpc) is 2.61. The Hall–Kier alpha value is -3.30. The van der Waals surface area contributed by atoms with Crippen molar-refractivity contribution < 1.29 is 40.7 Å². The molecule has 2 aromatic rings. The van der Waals surface area contributed by atoms with Crippen LogP contribution in [0.3, 0.4) is 0 Å². The van der Waals surface area contributed by atoms with E-state index in [-0.39, 0.29) is 10.4 Å². The molecule has 0 aliphatic carbocycles. The molecule has 0 bridgehead atoms. The third-order valence-corrected chi connectivity index (χ3v) is 2.99. The molecule has 128 valence electrons. The fourth-order valence-electron chi connectivity index (χ4n) is 1.51. The average molecular weight is 346 g/mol. The zero-order chi connectivity index (χ0) is 25.3. The molecule has 0 saturated heterocycles. The van der Waals surface area contributed by atoms with Gasteiger partial charge in [0, 0.05) is 31.5 Å². The summed E-state index contributed by atoms with van der Waals surface area (Å²) >= 11 is 0. The van der Waals surface area contributed by atoms with Crippen LogP contribution in [0.5, 0.6) is 0 Å². The van der Waals surface area contributed by atoms with Crippen molar-refractivity contribution in [3.63, 3.8) is 0 Å². The highest BCUT2D eigenvalue weighted by Gasteiger charge is 2.20. The van der Waals surface area contributed by atoms with E-state index in [9.17, 15) is 25.4 Å². The largest absolute Gasteiger partial charge is 0.285 e. The summed E-state index contributed by atoms with van der Waals surface area (Å²) in [7, 11) is 0. The highest BCUT2D eigenvalue weighted by molar-refractivity contribution is 5.38. The van der Waals surface area contributed by atoms with E-state index in [1.165, 1.54) is 12.3 Å². The van der Waals surface area contributed by atoms with E-state index in [1.54, 1.807) is 13.8 Å². The van der Waals surface area contributed by atoms with Crippen LogP contribution < -0.4 is 9.46 Å². The fourth-order valence-corrected chi connectivity index (χ4v) is 1.51. The molecule has 0 saturated carbocycles. The second-order valence-electron chi connectivity index (χ2n) is 4.39. The van der Waals surface area contributed by atoms with Crippen molar-refractivity contribution in [2.24, 2.45) is 0 Å². The van der Waals surface area contributed by atoms with Crippen LogP contribution in [0.15, 0.2) is 24.5 Å². The summed E-state index contributed by atoms with van der Waals surface area (Å²) in [5.74, 6) is 0. The first-order valence-electron chi connectivity index (χ1n) is 10.1. The molecular weight excluding hydrogens is 320 g/mol. The van der Waals surface area contributed by atoms with Gasteiger partial charge in [-0.3, -0.25) is 30.6 Å². The van der Waals surface area contributed by atoms with E-state index in [1.807, 2.05) is 0 Å². The van der Waals surface area contributed by atoms with Gasteiger partial charge in [0.2, 0.25) is 23.8 Å². The summed E-state index contributed by atoms with van der Waals surface area (Å²) in [6.07, 6.45) is 0.0660. The van der Waals surface area contributed by atoms with Crippen LogP contribution in [-0.4, -0.2) is 20.3 Å². The Kier molecular flexibility index (Phi) is 2.97. The predicted octanol–water partition coefficient (Wildman–Crippen LogP) is 1.47. The van der Waals surface area contributed by atoms with Gasteiger partial charge in [-0.1, -0.05) is 0 Å². The van der Waals surface area contributed by atoms with Gasteiger partial charge in [-0.15, -0.1) is 0 Å². The normalized spacial score (nSPS) is 15.8. The lowest BCUT2D eigenvalue weighted by Gasteiger charge is -1.95. The summed E-state index contributed by atoms with van der Waals surface area (Å²) in [5.41, 5.74) is -2.89. The number of nitro groups is 2. The van der Waals surface area contributed by atoms with Crippen LogP contribution in [0, 0.1) is 47.8 Å². The van der Waals surface area contributed by atoms with E-state index < -0.39 is 52.7 Å². The van der Waals surface area contributed by atoms with Crippen molar-refractivity contribution in [2.45, 2.75) is 27.6 Å². The third-order valence-electron chi connectivity index (χ3n) is 2.99. The molecule has 0 amide bonds. The minimum absolute atomic E-state index is 0.0257. The van der Waals surface area contributed by atoms with Gasteiger partial charge in [-0.2, -0.15) is 0 Å². The van der Waals surface area contributed by atoms with E-state index in [4.69, 9.17) is 16.2 Å². The maximum Gasteiger partial charge on any atom is 0.284 e. The molecule has 0 aliphatic heterocycles. The van der Waals surface area contributed by atoms with Crippen molar-refractivity contribution >= 4 is 11.4 Å². The minimum atomic E-state index is -3.25. The Morgan fingerprint density at radius 1 is 1.04 bits per heavy atom. The summed E-state index contributed by atoms with van der Waals surface area (Å²) in [6.45, 7) is -3.25. The van der Waals surface area contributed by atoms with Crippen molar-refractivity contribution in [1.29, 1.82) is 0 Å². The third kappa shape index (κ3) is 3.91. The maximum absolute atomic E-state index is 10.9. The molecule has 2 N–H and O–H groups in total. The highest BCUT2D eigenvalue weighted by Crippen LogP contribution is 2.17. The van der Waals surface area contributed by atoms with Crippen LogP contribution in [0.4, 0.5) is 11.4 Å². The first-order valence-corrected chi connectivity index (χ1v) is 6.13. The molecule has 0 atom stereocenters. The van der Waals surface area contributed by atoms with Gasteiger partial charge in [0.1, 0.15) is 1.37 Å². The number of hydrogen-bond acceptors (Lipinski definition) is 6. The van der Waals surface area contributed by atoms with Gasteiger partial charge in [-0.05, 0) is 13.8 Å². The second-order valence-corrected chi connectivity index (χ2v) is 4.39. The molecule has 0 aliphatic rings. The van der Waals surface area contributed by atoms with Crippen molar-refractivity contribution in [3.8, 4) is 0 Å². The van der Waals surface area contributed by atoms with Crippen LogP contribution in [0.1, 0.15) is 33.5 Å². The molecule has 2 rings (SSSR count). The van der Waals surface area contributed by atoms with E-state index in [0.717, 1.165) is 4.73 Å². The number of aromatic nitrogens is 2. The van der Waals surface area contributed by atoms with Gasteiger partial charge in [0.15, 0.2) is 0 Å². The van der Waals surface area contributed by atoms with Crippen LogP contribution in [0.25, 0.3) is 0 Å². The van der Waals surface area contributed by atoms with Crippen molar-refractivity contribution in [1.82, 2.24) is 0 Å². The molecular formula is C14H18N4O6+2. The SMILES string of the molecule is Cc1c([N+](=O)[O-])cc[n+](O)c1C.[2H]c1c([N+](=O)[O-])c(C([2H])([2H])[2H])c(C([2H])([2H])[2H])[n+](O)c1[2H]. The number of nitrogens with zero attached hydrogens (tertiary/aromatic N) is 4. The van der Waals surface area contributed by atoms with Crippen molar-refractivity contribution in [3.05, 3.63) is 67.2 Å². The van der Waals surface area contributed by atoms with Gasteiger partial charge >= 0.3 is 0 Å². The molecule has 24 heavy (non-hydrogen) atoms. The quantitative estimate of drug-likeness (QED) is 0.366. The van der Waals surface area contributed by atoms with Gasteiger partial charge in [0.25, 0.3) is 11.4 Å². The Bertz CT molecular complexity index is 1090. The standard InChI is InChI=1S/2C7H9N2O3/c2*1-5-6(2)8(10)4-3-7(5)9(11)12/h2*3-4,10H,1-2H3/q2*+1/i1D3,2D3,3D,4D;. The first kappa shape index (κ1) is 9.75. The molecule has 10 heteroatoms. The summed E-state index contributed by atoms with van der Waals surface area (Å²) in [5, 5.41) is 40.0. The van der Waals surface area contributed by atoms with Gasteiger partial charge in [-0.25, -0.2) is 0 Å². The number of pyridine rings is 2. The summed E-state index contributed by atoms with van der Waals surface area (Å²) in [6, 6.07) is 0.0825. The Labute approximate surface area is 148 Å². The molecule has 2 heterocycles. The maximum atomic E-state index is 10.9. The molecule has 10 nitrogen and oxygen atoms in total. The topological polar surface area (TPSA) is 134 Å². The summed E-state index contributed by atoms with van der Waals surface area (Å²) in [4.78, 5) is 19.6. The van der Waals surface area contributed by atoms with Gasteiger partial charge in [0.05, 0.1) is 34.5 Å². The van der Waals surface area contributed by atoms with Gasteiger partial charge < -0.3 is 0 Å². The second kappa shape index (κ2) is 7.31. The van der Waals surface area contributed by atoms with E-state index >= 15 is 0 Å². The zero-order valence-electron chi connectivity index (χ0n) is 20.5. The van der Waals surface area contributed by atoms with E-state index in [0.29, 0.717) is 11.3 Å². The Morgan fingerprint density at radius 2 is 1.67 bits per heavy atom. The molecule has 2 aromatic heterocycles. The zero-order valence-corrected chi connectivity index (χ0v) is 12.5. The Morgan fingerprint density at radius 3 is 2.17 bits per heavy atom. The van der Waals surface area contributed by atoms with Crippen LogP contribution in [0.2, 0.25) is 0 Å². The lowest BCUT2D eigenvalue weighted by molar-refractivity contribution is -0.909. The molecule has 0 fully saturated rings. The first-order chi connectivity index (χ1) is 14.3. The monoisotopic (exact) mass is 346 g/mol. The lowest BCUT2D eigenvalue weighted by atomic mass is 10.2. The molecule has 0 radical (unpaired) electrons. The molecule has 0 unspecified atom stereocenters. The highest BCUT2D eigenvalue weighted by atomic mass is 16.6. The number of hydrogen-bond donors (Lipinski definition) is 2. The lowest BCUT2D eigenvalue weighted by Crippen LogP contribution is -2.34. The van der Waals surface area contributed by atoms with Crippen molar-refractivity contribution in [2.75, 3.05) is 0 Å². The smallest absolute Gasteiger partial charge is 0.284 e. The van der Waals surface area contributed by atoms with Crippen LogP contribution >= 0.6 is 0 Å². The van der Waals surface area contributed by atoms with E-state index in [2.05, 4.69) is 0 Å². The van der Waals surface area contributed by atoms with Crippen LogP contribution in [-0.2, 0) is 0 Å². The minimum Gasteiger partial charge on any atom is -0.285 e. The molecule has 0 spiro atoms. The fraction of sp³-hybridized carbons (Fsp3) is 0.286. The predicted molar refractivity (Wildman–Crippen MR) is 79.9 cm³/mol. The molecule has 0 aromatic carbocycles. The number of rotatable bonds is 2. The summed E-state index contributed by atoms with van der Waals surface area (Å²) < 4.78 is 58.3.